The van der Waals surface area contributed by atoms with Crippen molar-refractivity contribution in [1.29, 1.82) is 0 Å². The number of hydrogen-bond acceptors (Lipinski definition) is 3. The molecule has 0 aromatic heterocycles. The first kappa shape index (κ1) is 12.0. The van der Waals surface area contributed by atoms with E-state index in [1.54, 1.807) is 0 Å². The van der Waals surface area contributed by atoms with E-state index < -0.39 is 0 Å². The predicted molar refractivity (Wildman–Crippen MR) is 67.4 cm³/mol. The molecular formula is C14H19NO2. The molecule has 0 heterocycles. The molecule has 0 atom stereocenters. The summed E-state index contributed by atoms with van der Waals surface area (Å²) in [6.07, 6.45) is 2.96. The van der Waals surface area contributed by atoms with Gasteiger partial charge >= 0.3 is 5.97 Å². The summed E-state index contributed by atoms with van der Waals surface area (Å²) in [4.78, 5) is 11.4. The van der Waals surface area contributed by atoms with E-state index in [0.717, 1.165) is 24.9 Å². The standard InChI is InChI=1S/C14H19NO2/c1-2-17-14(16)12-8-11(9-12)7-10-3-5-13(15)6-4-10/h3-6,11-12H,2,7-9,15H2,1H3. The highest BCUT2D eigenvalue weighted by Crippen LogP contribution is 2.36. The number of nitrogen functional groups attached to an aromatic ring is 1. The molecule has 0 amide bonds. The zero-order chi connectivity index (χ0) is 12.3. The highest BCUT2D eigenvalue weighted by atomic mass is 16.5. The molecule has 1 saturated carbocycles. The average Bonchev–Trinajstić information content (AvgIpc) is 2.25. The van der Waals surface area contributed by atoms with Crippen LogP contribution in [0, 0.1) is 11.8 Å². The molecule has 0 unspecified atom stereocenters. The molecule has 3 nitrogen and oxygen atoms in total. The smallest absolute Gasteiger partial charge is 0.308 e. The largest absolute Gasteiger partial charge is 0.466 e. The van der Waals surface area contributed by atoms with E-state index in [-0.39, 0.29) is 11.9 Å². The van der Waals surface area contributed by atoms with Gasteiger partial charge in [0.25, 0.3) is 0 Å². The molecule has 1 aliphatic carbocycles. The third kappa shape index (κ3) is 2.99. The third-order valence-electron chi connectivity index (χ3n) is 3.36. The molecule has 1 fully saturated rings. The fourth-order valence-electron chi connectivity index (χ4n) is 2.34. The molecule has 0 aliphatic heterocycles. The van der Waals surface area contributed by atoms with Crippen molar-refractivity contribution in [2.24, 2.45) is 11.8 Å². The van der Waals surface area contributed by atoms with Crippen molar-refractivity contribution < 1.29 is 9.53 Å². The SMILES string of the molecule is CCOC(=O)C1CC(Cc2ccc(N)cc2)C1. The summed E-state index contributed by atoms with van der Waals surface area (Å²) in [5.41, 5.74) is 7.73. The Morgan fingerprint density at radius 3 is 2.59 bits per heavy atom. The quantitative estimate of drug-likeness (QED) is 0.641. The number of esters is 1. The van der Waals surface area contributed by atoms with Gasteiger partial charge in [-0.15, -0.1) is 0 Å². The molecule has 0 saturated heterocycles. The summed E-state index contributed by atoms with van der Waals surface area (Å²) in [5.74, 6) is 0.725. The van der Waals surface area contributed by atoms with Gasteiger partial charge in [-0.1, -0.05) is 12.1 Å². The van der Waals surface area contributed by atoms with Crippen LogP contribution in [0.4, 0.5) is 5.69 Å². The van der Waals surface area contributed by atoms with Crippen LogP contribution in [0.3, 0.4) is 0 Å². The van der Waals surface area contributed by atoms with Crippen molar-refractivity contribution in [3.63, 3.8) is 0 Å². The van der Waals surface area contributed by atoms with Crippen molar-refractivity contribution in [3.05, 3.63) is 29.8 Å². The molecule has 1 aliphatic rings. The zero-order valence-electron chi connectivity index (χ0n) is 10.2. The number of carbonyl (C=O) groups excluding carboxylic acids is 1. The summed E-state index contributed by atoms with van der Waals surface area (Å²) >= 11 is 0. The van der Waals surface area contributed by atoms with Crippen molar-refractivity contribution in [3.8, 4) is 0 Å². The number of nitrogens with two attached hydrogens (primary N) is 1. The fourth-order valence-corrected chi connectivity index (χ4v) is 2.34. The topological polar surface area (TPSA) is 52.3 Å². The molecule has 3 heteroatoms. The maximum atomic E-state index is 11.4. The van der Waals surface area contributed by atoms with E-state index in [4.69, 9.17) is 10.5 Å². The van der Waals surface area contributed by atoms with Crippen LogP contribution in [0.2, 0.25) is 0 Å². The number of benzene rings is 1. The molecular weight excluding hydrogens is 214 g/mol. The Morgan fingerprint density at radius 2 is 2.00 bits per heavy atom. The van der Waals surface area contributed by atoms with Gasteiger partial charge in [0.1, 0.15) is 0 Å². The number of anilines is 1. The van der Waals surface area contributed by atoms with Gasteiger partial charge in [-0.3, -0.25) is 4.79 Å². The second-order valence-corrected chi connectivity index (χ2v) is 4.73. The van der Waals surface area contributed by atoms with Crippen LogP contribution in [0.15, 0.2) is 24.3 Å². The molecule has 92 valence electrons. The molecule has 17 heavy (non-hydrogen) atoms. The summed E-state index contributed by atoms with van der Waals surface area (Å²) in [6, 6.07) is 7.98. The maximum absolute atomic E-state index is 11.4. The summed E-state index contributed by atoms with van der Waals surface area (Å²) in [5, 5.41) is 0. The monoisotopic (exact) mass is 233 g/mol. The molecule has 0 radical (unpaired) electrons. The molecule has 0 spiro atoms. The number of ether oxygens (including phenoxy) is 1. The van der Waals surface area contributed by atoms with E-state index in [0.29, 0.717) is 12.5 Å². The number of hydrogen-bond donors (Lipinski definition) is 1. The lowest BCUT2D eigenvalue weighted by atomic mass is 9.72. The molecule has 0 bridgehead atoms. The minimum atomic E-state index is -0.0268. The second-order valence-electron chi connectivity index (χ2n) is 4.73. The summed E-state index contributed by atoms with van der Waals surface area (Å²) in [6.45, 7) is 2.33. The zero-order valence-corrected chi connectivity index (χ0v) is 10.2. The van der Waals surface area contributed by atoms with Crippen molar-refractivity contribution in [2.45, 2.75) is 26.2 Å². The molecule has 1 aromatic rings. The van der Waals surface area contributed by atoms with E-state index in [9.17, 15) is 4.79 Å². The van der Waals surface area contributed by atoms with E-state index in [2.05, 4.69) is 12.1 Å². The lowest BCUT2D eigenvalue weighted by molar-refractivity contribution is -0.152. The first-order chi connectivity index (χ1) is 8.19. The summed E-state index contributed by atoms with van der Waals surface area (Å²) < 4.78 is 5.00. The Morgan fingerprint density at radius 1 is 1.35 bits per heavy atom. The highest BCUT2D eigenvalue weighted by Gasteiger charge is 2.35. The fraction of sp³-hybridized carbons (Fsp3) is 0.500. The average molecular weight is 233 g/mol. The number of carbonyl (C=O) groups is 1. The molecule has 2 rings (SSSR count). The van der Waals surface area contributed by atoms with Crippen LogP contribution in [-0.4, -0.2) is 12.6 Å². The van der Waals surface area contributed by atoms with Gasteiger partial charge in [0.15, 0.2) is 0 Å². The first-order valence-corrected chi connectivity index (χ1v) is 6.20. The van der Waals surface area contributed by atoms with E-state index >= 15 is 0 Å². The minimum absolute atomic E-state index is 0.0268. The highest BCUT2D eigenvalue weighted by molar-refractivity contribution is 5.73. The first-order valence-electron chi connectivity index (χ1n) is 6.20. The lowest BCUT2D eigenvalue weighted by Gasteiger charge is -2.33. The van der Waals surface area contributed by atoms with Crippen LogP contribution in [-0.2, 0) is 16.0 Å². The van der Waals surface area contributed by atoms with Gasteiger partial charge in [0.2, 0.25) is 0 Å². The third-order valence-corrected chi connectivity index (χ3v) is 3.36. The Labute approximate surface area is 102 Å². The maximum Gasteiger partial charge on any atom is 0.308 e. The molecule has 2 N–H and O–H groups in total. The summed E-state index contributed by atoms with van der Waals surface area (Å²) in [7, 11) is 0. The molecule has 1 aromatic carbocycles. The van der Waals surface area contributed by atoms with Gasteiger partial charge in [-0.2, -0.15) is 0 Å². The normalized spacial score (nSPS) is 22.9. The predicted octanol–water partition coefficient (Wildman–Crippen LogP) is 2.40. The second kappa shape index (κ2) is 5.21. The van der Waals surface area contributed by atoms with Gasteiger partial charge < -0.3 is 10.5 Å². The Balaban J connectivity index is 1.77. The van der Waals surface area contributed by atoms with E-state index in [1.165, 1.54) is 5.56 Å². The Hall–Kier alpha value is -1.51. The van der Waals surface area contributed by atoms with Crippen molar-refractivity contribution in [1.82, 2.24) is 0 Å². The van der Waals surface area contributed by atoms with Crippen LogP contribution in [0.25, 0.3) is 0 Å². The van der Waals surface area contributed by atoms with Gasteiger partial charge in [-0.25, -0.2) is 0 Å². The van der Waals surface area contributed by atoms with Crippen molar-refractivity contribution in [2.75, 3.05) is 12.3 Å². The van der Waals surface area contributed by atoms with Crippen LogP contribution >= 0.6 is 0 Å². The Kier molecular flexibility index (Phi) is 3.67. The minimum Gasteiger partial charge on any atom is -0.466 e. The van der Waals surface area contributed by atoms with Crippen LogP contribution in [0.5, 0.6) is 0 Å². The number of rotatable bonds is 4. The van der Waals surface area contributed by atoms with Gasteiger partial charge in [-0.05, 0) is 49.8 Å². The lowest BCUT2D eigenvalue weighted by Crippen LogP contribution is -2.33. The van der Waals surface area contributed by atoms with Crippen LogP contribution < -0.4 is 5.73 Å². The van der Waals surface area contributed by atoms with Gasteiger partial charge in [0.05, 0.1) is 12.5 Å². The van der Waals surface area contributed by atoms with Gasteiger partial charge in [0, 0.05) is 5.69 Å². The van der Waals surface area contributed by atoms with Crippen molar-refractivity contribution >= 4 is 11.7 Å². The Bertz CT molecular complexity index is 380. The van der Waals surface area contributed by atoms with E-state index in [1.807, 2.05) is 19.1 Å². The van der Waals surface area contributed by atoms with Crippen LogP contribution in [0.1, 0.15) is 25.3 Å².